The Morgan fingerprint density at radius 2 is 2.00 bits per heavy atom. The van der Waals surface area contributed by atoms with E-state index in [2.05, 4.69) is 27.8 Å². The molecule has 0 unspecified atom stereocenters. The first-order valence-corrected chi connectivity index (χ1v) is 7.66. The van der Waals surface area contributed by atoms with E-state index < -0.39 is 0 Å². The van der Waals surface area contributed by atoms with E-state index in [4.69, 9.17) is 0 Å². The van der Waals surface area contributed by atoms with Crippen LogP contribution in [0.25, 0.3) is 0 Å². The number of likely N-dealkylation sites (tertiary alicyclic amines) is 1. The van der Waals surface area contributed by atoms with Crippen LogP contribution in [0.3, 0.4) is 0 Å². The zero-order valence-electron chi connectivity index (χ0n) is 11.6. The third-order valence-corrected chi connectivity index (χ3v) is 4.67. The van der Waals surface area contributed by atoms with Crippen LogP contribution in [0.15, 0.2) is 28.7 Å². The SMILES string of the molecule is CCN1CCC(N(C)C(=O)c2ccccc2Br)CC1. The molecule has 1 aromatic rings. The largest absolute Gasteiger partial charge is 0.339 e. The summed E-state index contributed by atoms with van der Waals surface area (Å²) in [6.45, 7) is 5.48. The molecule has 1 heterocycles. The van der Waals surface area contributed by atoms with Gasteiger partial charge in [-0.15, -0.1) is 0 Å². The van der Waals surface area contributed by atoms with Crippen molar-refractivity contribution in [2.75, 3.05) is 26.7 Å². The first kappa shape index (κ1) is 14.5. The van der Waals surface area contributed by atoms with Crippen molar-refractivity contribution < 1.29 is 4.79 Å². The molecule has 1 amide bonds. The summed E-state index contributed by atoms with van der Waals surface area (Å²) in [7, 11) is 1.92. The maximum Gasteiger partial charge on any atom is 0.254 e. The Bertz CT molecular complexity index is 442. The van der Waals surface area contributed by atoms with Crippen LogP contribution in [0.1, 0.15) is 30.1 Å². The number of amides is 1. The van der Waals surface area contributed by atoms with E-state index in [1.165, 1.54) is 0 Å². The molecule has 0 radical (unpaired) electrons. The first-order valence-electron chi connectivity index (χ1n) is 6.87. The number of hydrogen-bond donors (Lipinski definition) is 0. The van der Waals surface area contributed by atoms with Crippen molar-refractivity contribution in [3.05, 3.63) is 34.3 Å². The van der Waals surface area contributed by atoms with Crippen molar-refractivity contribution in [3.63, 3.8) is 0 Å². The number of hydrogen-bond acceptors (Lipinski definition) is 2. The van der Waals surface area contributed by atoms with E-state index in [0.717, 1.165) is 42.5 Å². The molecule has 1 saturated heterocycles. The Kier molecular flexibility index (Phi) is 4.99. The number of piperidine rings is 1. The van der Waals surface area contributed by atoms with Gasteiger partial charge in [0.1, 0.15) is 0 Å². The van der Waals surface area contributed by atoms with Gasteiger partial charge < -0.3 is 9.80 Å². The van der Waals surface area contributed by atoms with Crippen LogP contribution in [-0.2, 0) is 0 Å². The third-order valence-electron chi connectivity index (χ3n) is 3.98. The van der Waals surface area contributed by atoms with Gasteiger partial charge in [-0.05, 0) is 47.4 Å². The van der Waals surface area contributed by atoms with Crippen molar-refractivity contribution in [1.29, 1.82) is 0 Å². The maximum absolute atomic E-state index is 12.5. The van der Waals surface area contributed by atoms with E-state index in [1.54, 1.807) is 0 Å². The van der Waals surface area contributed by atoms with Gasteiger partial charge in [-0.25, -0.2) is 0 Å². The molecule has 0 saturated carbocycles. The summed E-state index contributed by atoms with van der Waals surface area (Å²) >= 11 is 3.45. The summed E-state index contributed by atoms with van der Waals surface area (Å²) in [6.07, 6.45) is 2.14. The molecule has 0 aliphatic carbocycles. The van der Waals surface area contributed by atoms with Crippen molar-refractivity contribution >= 4 is 21.8 Å². The molecule has 3 nitrogen and oxygen atoms in total. The average Bonchev–Trinajstić information content (AvgIpc) is 2.46. The molecule has 0 spiro atoms. The molecule has 1 aliphatic rings. The third kappa shape index (κ3) is 3.37. The Labute approximate surface area is 123 Å². The van der Waals surface area contributed by atoms with Crippen molar-refractivity contribution in [2.45, 2.75) is 25.8 Å². The van der Waals surface area contributed by atoms with Crippen molar-refractivity contribution in [2.24, 2.45) is 0 Å². The van der Waals surface area contributed by atoms with Crippen molar-refractivity contribution in [3.8, 4) is 0 Å². The number of carbonyl (C=O) groups excluding carboxylic acids is 1. The minimum Gasteiger partial charge on any atom is -0.339 e. The van der Waals surface area contributed by atoms with Crippen molar-refractivity contribution in [1.82, 2.24) is 9.80 Å². The summed E-state index contributed by atoms with van der Waals surface area (Å²) in [5.74, 6) is 0.113. The molecule has 1 fully saturated rings. The second-order valence-electron chi connectivity index (χ2n) is 5.06. The van der Waals surface area contributed by atoms with Gasteiger partial charge in [0.15, 0.2) is 0 Å². The topological polar surface area (TPSA) is 23.6 Å². The molecule has 19 heavy (non-hydrogen) atoms. The molecule has 1 aromatic carbocycles. The molecule has 4 heteroatoms. The predicted molar refractivity (Wildman–Crippen MR) is 81.4 cm³/mol. The van der Waals surface area contributed by atoms with Crippen LogP contribution in [0.4, 0.5) is 0 Å². The van der Waals surface area contributed by atoms with E-state index in [1.807, 2.05) is 36.2 Å². The lowest BCUT2D eigenvalue weighted by Gasteiger charge is -2.36. The molecule has 1 aliphatic heterocycles. The highest BCUT2D eigenvalue weighted by molar-refractivity contribution is 9.10. The number of nitrogens with zero attached hydrogens (tertiary/aromatic N) is 2. The molecular formula is C15H21BrN2O. The van der Waals surface area contributed by atoms with Gasteiger partial charge in [-0.1, -0.05) is 19.1 Å². The molecule has 0 N–H and O–H groups in total. The summed E-state index contributed by atoms with van der Waals surface area (Å²) < 4.78 is 0.873. The Morgan fingerprint density at radius 1 is 1.37 bits per heavy atom. The number of benzene rings is 1. The number of rotatable bonds is 3. The highest BCUT2D eigenvalue weighted by Crippen LogP contribution is 2.21. The van der Waals surface area contributed by atoms with Crippen LogP contribution in [0.2, 0.25) is 0 Å². The summed E-state index contributed by atoms with van der Waals surface area (Å²) in [4.78, 5) is 16.8. The predicted octanol–water partition coefficient (Wildman–Crippen LogP) is 3.01. The second kappa shape index (κ2) is 6.53. The molecule has 2 rings (SSSR count). The summed E-state index contributed by atoms with van der Waals surface area (Å²) in [5, 5.41) is 0. The fourth-order valence-electron chi connectivity index (χ4n) is 2.61. The monoisotopic (exact) mass is 324 g/mol. The zero-order valence-corrected chi connectivity index (χ0v) is 13.2. The van der Waals surface area contributed by atoms with Gasteiger partial charge in [-0.3, -0.25) is 4.79 Å². The van der Waals surface area contributed by atoms with Gasteiger partial charge in [-0.2, -0.15) is 0 Å². The zero-order chi connectivity index (χ0) is 13.8. The molecular weight excluding hydrogens is 304 g/mol. The van der Waals surface area contributed by atoms with Gasteiger partial charge in [0.05, 0.1) is 5.56 Å². The molecule has 0 aromatic heterocycles. The highest BCUT2D eigenvalue weighted by Gasteiger charge is 2.26. The highest BCUT2D eigenvalue weighted by atomic mass is 79.9. The van der Waals surface area contributed by atoms with Crippen LogP contribution in [0.5, 0.6) is 0 Å². The molecule has 0 atom stereocenters. The number of halogens is 1. The van der Waals surface area contributed by atoms with E-state index >= 15 is 0 Å². The maximum atomic E-state index is 12.5. The Balaban J connectivity index is 2.02. The summed E-state index contributed by atoms with van der Waals surface area (Å²) in [6, 6.07) is 8.00. The fourth-order valence-corrected chi connectivity index (χ4v) is 3.07. The lowest BCUT2D eigenvalue weighted by Crippen LogP contribution is -2.45. The van der Waals surface area contributed by atoms with E-state index in [9.17, 15) is 4.79 Å². The van der Waals surface area contributed by atoms with Crippen LogP contribution >= 0.6 is 15.9 Å². The van der Waals surface area contributed by atoms with Gasteiger partial charge >= 0.3 is 0 Å². The smallest absolute Gasteiger partial charge is 0.254 e. The Morgan fingerprint density at radius 3 is 2.58 bits per heavy atom. The van der Waals surface area contributed by atoms with Crippen LogP contribution < -0.4 is 0 Å². The van der Waals surface area contributed by atoms with Crippen LogP contribution in [-0.4, -0.2) is 48.4 Å². The lowest BCUT2D eigenvalue weighted by molar-refractivity contribution is 0.0646. The normalized spacial score (nSPS) is 17.4. The number of carbonyl (C=O) groups is 1. The lowest BCUT2D eigenvalue weighted by atomic mass is 10.0. The van der Waals surface area contributed by atoms with Gasteiger partial charge in [0.2, 0.25) is 0 Å². The van der Waals surface area contributed by atoms with Crippen LogP contribution in [0, 0.1) is 0 Å². The minimum atomic E-state index is 0.113. The van der Waals surface area contributed by atoms with Gasteiger partial charge in [0.25, 0.3) is 5.91 Å². The average molecular weight is 325 g/mol. The van der Waals surface area contributed by atoms with E-state index in [-0.39, 0.29) is 5.91 Å². The summed E-state index contributed by atoms with van der Waals surface area (Å²) in [5.41, 5.74) is 0.753. The molecule has 0 bridgehead atoms. The standard InChI is InChI=1S/C15H21BrN2O/c1-3-18-10-8-12(9-11-18)17(2)15(19)13-6-4-5-7-14(13)16/h4-7,12H,3,8-11H2,1-2H3. The minimum absolute atomic E-state index is 0.113. The first-order chi connectivity index (χ1) is 9.13. The Hall–Kier alpha value is -0.870. The second-order valence-corrected chi connectivity index (χ2v) is 5.92. The fraction of sp³-hybridized carbons (Fsp3) is 0.533. The van der Waals surface area contributed by atoms with Gasteiger partial charge in [0, 0.05) is 30.7 Å². The molecule has 104 valence electrons. The van der Waals surface area contributed by atoms with E-state index in [0.29, 0.717) is 6.04 Å². The quantitative estimate of drug-likeness (QED) is 0.853.